The third-order valence-electron chi connectivity index (χ3n) is 4.52. The van der Waals surface area contributed by atoms with E-state index >= 15 is 0 Å². The smallest absolute Gasteiger partial charge is 0.259 e. The molecule has 0 saturated carbocycles. The summed E-state index contributed by atoms with van der Waals surface area (Å²) < 4.78 is 5.74. The van der Waals surface area contributed by atoms with Crippen LogP contribution in [0.1, 0.15) is 15.9 Å². The minimum absolute atomic E-state index is 0.119. The number of aromatic amines is 1. The van der Waals surface area contributed by atoms with Crippen molar-refractivity contribution in [2.75, 3.05) is 37.8 Å². The zero-order valence-electron chi connectivity index (χ0n) is 17.5. The molecule has 0 saturated heterocycles. The van der Waals surface area contributed by atoms with Crippen LogP contribution in [0.5, 0.6) is 5.75 Å². The van der Waals surface area contributed by atoms with Crippen LogP contribution in [0.15, 0.2) is 48.8 Å². The molecule has 32 heavy (non-hydrogen) atoms. The second kappa shape index (κ2) is 11.0. The summed E-state index contributed by atoms with van der Waals surface area (Å²) in [6.45, 7) is 0.953. The Morgan fingerprint density at radius 1 is 1.28 bits per heavy atom. The fourth-order valence-corrected chi connectivity index (χ4v) is 3.01. The first-order valence-electron chi connectivity index (χ1n) is 9.82. The second-order valence-electron chi connectivity index (χ2n) is 6.80. The quantitative estimate of drug-likeness (QED) is 0.364. The van der Waals surface area contributed by atoms with Crippen molar-refractivity contribution in [2.45, 2.75) is 6.54 Å². The molecule has 0 bridgehead atoms. The van der Waals surface area contributed by atoms with Gasteiger partial charge in [0.1, 0.15) is 23.7 Å². The molecule has 2 aromatic heterocycles. The van der Waals surface area contributed by atoms with Crippen LogP contribution in [-0.2, 0) is 11.3 Å². The number of likely N-dealkylation sites (N-methyl/N-ethyl adjacent to an activating group) is 1. The summed E-state index contributed by atoms with van der Waals surface area (Å²) >= 11 is 5.99. The highest BCUT2D eigenvalue weighted by Gasteiger charge is 2.20. The molecule has 3 rings (SSSR count). The Kier molecular flexibility index (Phi) is 7.87. The van der Waals surface area contributed by atoms with E-state index in [1.807, 2.05) is 6.07 Å². The van der Waals surface area contributed by atoms with Crippen LogP contribution >= 0.6 is 11.6 Å². The minimum Gasteiger partial charge on any atom is -0.492 e. The number of nitrogens with one attached hydrogen (secondary N) is 3. The number of halogens is 1. The molecular formula is C21H24ClN7O3. The van der Waals surface area contributed by atoms with Crippen LogP contribution in [0.3, 0.4) is 0 Å². The van der Waals surface area contributed by atoms with E-state index in [1.165, 1.54) is 6.20 Å². The molecular weight excluding hydrogens is 434 g/mol. The average molecular weight is 458 g/mol. The second-order valence-corrected chi connectivity index (χ2v) is 7.23. The number of carbonyl (C=O) groups is 2. The van der Waals surface area contributed by atoms with Crippen LogP contribution in [-0.4, -0.2) is 58.6 Å². The van der Waals surface area contributed by atoms with Gasteiger partial charge in [-0.05, 0) is 29.8 Å². The Morgan fingerprint density at radius 2 is 2.12 bits per heavy atom. The predicted molar refractivity (Wildman–Crippen MR) is 121 cm³/mol. The van der Waals surface area contributed by atoms with Crippen LogP contribution < -0.4 is 21.1 Å². The third-order valence-corrected chi connectivity index (χ3v) is 4.76. The van der Waals surface area contributed by atoms with Crippen LogP contribution in [0.25, 0.3) is 0 Å². The summed E-state index contributed by atoms with van der Waals surface area (Å²) in [6.07, 6.45) is 3.11. The number of nitrogens with two attached hydrogens (primary N) is 1. The number of carbonyl (C=O) groups excluding carboxylic acids is 2. The van der Waals surface area contributed by atoms with Gasteiger partial charge in [0.25, 0.3) is 5.91 Å². The highest BCUT2D eigenvalue weighted by atomic mass is 35.5. The van der Waals surface area contributed by atoms with E-state index < -0.39 is 0 Å². The van der Waals surface area contributed by atoms with Crippen LogP contribution in [0.4, 0.5) is 11.6 Å². The number of nitrogens with zero attached hydrogens (tertiary/aromatic N) is 3. The predicted octanol–water partition coefficient (Wildman–Crippen LogP) is 1.92. The van der Waals surface area contributed by atoms with Gasteiger partial charge in [0.2, 0.25) is 5.91 Å². The number of aromatic nitrogens is 3. The molecule has 3 aromatic rings. The lowest BCUT2D eigenvalue weighted by molar-refractivity contribution is -0.118. The molecule has 2 heterocycles. The summed E-state index contributed by atoms with van der Waals surface area (Å²) in [4.78, 5) is 30.3. The number of pyridine rings is 1. The third kappa shape index (κ3) is 6.35. The van der Waals surface area contributed by atoms with Crippen molar-refractivity contribution in [1.82, 2.24) is 25.4 Å². The molecule has 0 fully saturated rings. The van der Waals surface area contributed by atoms with Gasteiger partial charge in [-0.25, -0.2) is 4.98 Å². The lowest BCUT2D eigenvalue weighted by atomic mass is 10.2. The molecule has 0 atom stereocenters. The van der Waals surface area contributed by atoms with E-state index in [4.69, 9.17) is 22.1 Å². The van der Waals surface area contributed by atoms with E-state index in [9.17, 15) is 9.59 Å². The van der Waals surface area contributed by atoms with Gasteiger partial charge in [0.15, 0.2) is 5.82 Å². The van der Waals surface area contributed by atoms with E-state index in [2.05, 4.69) is 25.8 Å². The molecule has 5 N–H and O–H groups in total. The zero-order chi connectivity index (χ0) is 22.9. The van der Waals surface area contributed by atoms with Crippen molar-refractivity contribution in [3.8, 4) is 5.75 Å². The number of benzene rings is 1. The fourth-order valence-electron chi connectivity index (χ4n) is 2.83. The minimum atomic E-state index is -0.284. The van der Waals surface area contributed by atoms with Crippen molar-refractivity contribution in [2.24, 2.45) is 0 Å². The highest BCUT2D eigenvalue weighted by Crippen LogP contribution is 2.18. The summed E-state index contributed by atoms with van der Waals surface area (Å²) in [5.74, 6) is 0.861. The van der Waals surface area contributed by atoms with E-state index in [0.29, 0.717) is 23.1 Å². The molecule has 2 amide bonds. The molecule has 0 aliphatic carbocycles. The highest BCUT2D eigenvalue weighted by molar-refractivity contribution is 6.30. The van der Waals surface area contributed by atoms with Gasteiger partial charge in [0, 0.05) is 31.0 Å². The number of rotatable bonds is 10. The molecule has 168 valence electrons. The SMILES string of the molecule is CNC(=O)CNc1ccc(CN(CCOc2cccc(Cl)c2)C(=O)c2c[nH]nc2N)cn1. The van der Waals surface area contributed by atoms with Gasteiger partial charge in [-0.1, -0.05) is 23.7 Å². The van der Waals surface area contributed by atoms with Gasteiger partial charge in [-0.15, -0.1) is 0 Å². The topological polar surface area (TPSA) is 138 Å². The number of anilines is 2. The summed E-state index contributed by atoms with van der Waals surface area (Å²) in [5, 5.41) is 12.4. The largest absolute Gasteiger partial charge is 0.492 e. The Hall–Kier alpha value is -3.79. The van der Waals surface area contributed by atoms with Crippen molar-refractivity contribution in [3.05, 3.63) is 64.9 Å². The standard InChI is InChI=1S/C21H24ClN7O3/c1-24-19(30)12-26-18-6-5-14(10-25-18)13-29(21(31)17-11-27-28-20(17)23)7-8-32-16-4-2-3-15(22)9-16/h2-6,9-11H,7-8,12-13H2,1H3,(H,24,30)(H,25,26)(H3,23,27,28). The van der Waals surface area contributed by atoms with Crippen LogP contribution in [0, 0.1) is 0 Å². The van der Waals surface area contributed by atoms with Crippen molar-refractivity contribution < 1.29 is 14.3 Å². The molecule has 1 aromatic carbocycles. The van der Waals surface area contributed by atoms with E-state index in [0.717, 1.165) is 5.56 Å². The van der Waals surface area contributed by atoms with Gasteiger partial charge >= 0.3 is 0 Å². The number of hydrogen-bond acceptors (Lipinski definition) is 7. The Bertz CT molecular complexity index is 1060. The lowest BCUT2D eigenvalue weighted by Crippen LogP contribution is -2.34. The maximum Gasteiger partial charge on any atom is 0.259 e. The molecule has 11 heteroatoms. The monoisotopic (exact) mass is 457 g/mol. The maximum absolute atomic E-state index is 13.0. The Balaban J connectivity index is 1.67. The first kappa shape index (κ1) is 22.9. The molecule has 0 unspecified atom stereocenters. The Morgan fingerprint density at radius 3 is 2.78 bits per heavy atom. The van der Waals surface area contributed by atoms with Gasteiger partial charge in [0.05, 0.1) is 13.1 Å². The van der Waals surface area contributed by atoms with Crippen molar-refractivity contribution in [3.63, 3.8) is 0 Å². The number of H-pyrrole nitrogens is 1. The number of ether oxygens (including phenoxy) is 1. The van der Waals surface area contributed by atoms with Crippen molar-refractivity contribution in [1.29, 1.82) is 0 Å². The van der Waals surface area contributed by atoms with Gasteiger partial charge < -0.3 is 26.0 Å². The summed E-state index contributed by atoms with van der Waals surface area (Å²) in [6, 6.07) is 10.6. The number of hydrogen-bond donors (Lipinski definition) is 4. The molecule has 0 aliphatic rings. The molecule has 0 radical (unpaired) electrons. The molecule has 10 nitrogen and oxygen atoms in total. The zero-order valence-corrected chi connectivity index (χ0v) is 18.2. The van der Waals surface area contributed by atoms with E-state index in [-0.39, 0.29) is 42.9 Å². The Labute approximate surface area is 190 Å². The molecule has 0 spiro atoms. The van der Waals surface area contributed by atoms with Gasteiger partial charge in [-0.3, -0.25) is 14.7 Å². The average Bonchev–Trinajstić information content (AvgIpc) is 3.23. The first-order valence-corrected chi connectivity index (χ1v) is 10.2. The normalized spacial score (nSPS) is 10.4. The lowest BCUT2D eigenvalue weighted by Gasteiger charge is -2.23. The maximum atomic E-state index is 13.0. The summed E-state index contributed by atoms with van der Waals surface area (Å²) in [7, 11) is 1.56. The van der Waals surface area contributed by atoms with Gasteiger partial charge in [-0.2, -0.15) is 5.10 Å². The number of amides is 2. The fraction of sp³-hybridized carbons (Fsp3) is 0.238. The van der Waals surface area contributed by atoms with Crippen molar-refractivity contribution >= 4 is 35.1 Å². The molecule has 0 aliphatic heterocycles. The summed E-state index contributed by atoms with van der Waals surface area (Å²) in [5.41, 5.74) is 6.89. The van der Waals surface area contributed by atoms with E-state index in [1.54, 1.807) is 48.5 Å². The van der Waals surface area contributed by atoms with Crippen LogP contribution in [0.2, 0.25) is 5.02 Å². The number of nitrogen functional groups attached to an aromatic ring is 1. The first-order chi connectivity index (χ1) is 15.5.